The van der Waals surface area contributed by atoms with Crippen molar-refractivity contribution >= 4 is 56.6 Å². The Morgan fingerprint density at radius 2 is 1.89 bits per heavy atom. The molecule has 1 aromatic carbocycles. The number of nitrogens with zero attached hydrogens (tertiary/aromatic N) is 2. The summed E-state index contributed by atoms with van der Waals surface area (Å²) >= 11 is 13.4. The number of aromatic nitrogens is 1. The summed E-state index contributed by atoms with van der Waals surface area (Å²) in [5.74, 6) is -0.205. The van der Waals surface area contributed by atoms with Gasteiger partial charge >= 0.3 is 0 Å². The van der Waals surface area contributed by atoms with Gasteiger partial charge in [-0.2, -0.15) is 4.31 Å². The van der Waals surface area contributed by atoms with E-state index in [9.17, 15) is 13.2 Å². The van der Waals surface area contributed by atoms with E-state index < -0.39 is 10.0 Å². The topological polar surface area (TPSA) is 79.4 Å². The number of pyridine rings is 1. The molecule has 150 valence electrons. The molecule has 0 unspecified atom stereocenters. The highest BCUT2D eigenvalue weighted by molar-refractivity contribution is 8.00. The van der Waals surface area contributed by atoms with E-state index >= 15 is 0 Å². The van der Waals surface area contributed by atoms with Crippen molar-refractivity contribution in [3.63, 3.8) is 0 Å². The van der Waals surface area contributed by atoms with Crippen LogP contribution >= 0.6 is 35.0 Å². The standard InChI is InChI=1S/C18H19Cl2N3O3S2/c19-14-7-6-13(11-16(14)28(25,26)23-9-2-1-3-10-23)22-17(24)12-27-18-15(20)5-4-8-21-18/h4-8,11H,1-3,9-10,12H2,(H,22,24). The van der Waals surface area contributed by atoms with Gasteiger partial charge in [0.15, 0.2) is 0 Å². The number of nitrogens with one attached hydrogen (secondary N) is 1. The summed E-state index contributed by atoms with van der Waals surface area (Å²) < 4.78 is 27.2. The number of rotatable bonds is 6. The predicted molar refractivity (Wildman–Crippen MR) is 113 cm³/mol. The molecular weight excluding hydrogens is 441 g/mol. The van der Waals surface area contributed by atoms with Crippen molar-refractivity contribution in [2.75, 3.05) is 24.2 Å². The summed E-state index contributed by atoms with van der Waals surface area (Å²) in [4.78, 5) is 16.4. The fraction of sp³-hybridized carbons (Fsp3) is 0.333. The molecule has 28 heavy (non-hydrogen) atoms. The molecule has 1 aliphatic heterocycles. The Kier molecular flexibility index (Phi) is 7.22. The normalized spacial score (nSPS) is 15.4. The zero-order valence-electron chi connectivity index (χ0n) is 14.9. The summed E-state index contributed by atoms with van der Waals surface area (Å²) in [5.41, 5.74) is 0.373. The smallest absolute Gasteiger partial charge is 0.244 e. The van der Waals surface area contributed by atoms with Crippen LogP contribution in [0.3, 0.4) is 0 Å². The van der Waals surface area contributed by atoms with Crippen LogP contribution in [0.2, 0.25) is 10.0 Å². The minimum Gasteiger partial charge on any atom is -0.325 e. The van der Waals surface area contributed by atoms with Crippen LogP contribution in [0.25, 0.3) is 0 Å². The lowest BCUT2D eigenvalue weighted by molar-refractivity contribution is -0.113. The predicted octanol–water partition coefficient (Wildman–Crippen LogP) is 4.29. The maximum Gasteiger partial charge on any atom is 0.244 e. The maximum absolute atomic E-state index is 12.9. The van der Waals surface area contributed by atoms with Gasteiger partial charge in [0, 0.05) is 25.0 Å². The van der Waals surface area contributed by atoms with Gasteiger partial charge in [-0.25, -0.2) is 13.4 Å². The van der Waals surface area contributed by atoms with Crippen LogP contribution in [0.4, 0.5) is 5.69 Å². The lowest BCUT2D eigenvalue weighted by Crippen LogP contribution is -2.35. The number of halogens is 2. The number of anilines is 1. The first kappa shape index (κ1) is 21.4. The lowest BCUT2D eigenvalue weighted by atomic mass is 10.2. The average Bonchev–Trinajstić information content (AvgIpc) is 2.69. The van der Waals surface area contributed by atoms with Crippen LogP contribution in [-0.2, 0) is 14.8 Å². The Morgan fingerprint density at radius 1 is 1.14 bits per heavy atom. The van der Waals surface area contributed by atoms with E-state index in [1.165, 1.54) is 28.2 Å². The maximum atomic E-state index is 12.9. The number of thioether (sulfide) groups is 1. The molecule has 1 aromatic heterocycles. The number of piperidine rings is 1. The Bertz CT molecular complexity index is 964. The minimum absolute atomic E-state index is 0.00860. The molecule has 0 spiro atoms. The lowest BCUT2D eigenvalue weighted by Gasteiger charge is -2.26. The van der Waals surface area contributed by atoms with Crippen LogP contribution in [0.15, 0.2) is 46.5 Å². The first-order chi connectivity index (χ1) is 13.4. The molecule has 3 rings (SSSR count). The summed E-state index contributed by atoms with van der Waals surface area (Å²) in [6.07, 6.45) is 4.29. The highest BCUT2D eigenvalue weighted by atomic mass is 35.5. The molecule has 10 heteroatoms. The number of hydrogen-bond donors (Lipinski definition) is 1. The van der Waals surface area contributed by atoms with Crippen LogP contribution in [0, 0.1) is 0 Å². The summed E-state index contributed by atoms with van der Waals surface area (Å²) in [6, 6.07) is 7.88. The van der Waals surface area contributed by atoms with Gasteiger partial charge in [-0.05, 0) is 43.2 Å². The molecule has 1 saturated heterocycles. The molecule has 0 saturated carbocycles. The summed E-state index contributed by atoms with van der Waals surface area (Å²) in [5, 5.41) is 3.87. The van der Waals surface area contributed by atoms with Crippen LogP contribution in [-0.4, -0.2) is 42.5 Å². The van der Waals surface area contributed by atoms with Gasteiger partial charge in [-0.15, -0.1) is 0 Å². The van der Waals surface area contributed by atoms with Gasteiger partial charge in [0.25, 0.3) is 0 Å². The first-order valence-corrected chi connectivity index (χ1v) is 11.9. The van der Waals surface area contributed by atoms with Crippen molar-refractivity contribution in [3.8, 4) is 0 Å². The number of sulfonamides is 1. The molecule has 6 nitrogen and oxygen atoms in total. The van der Waals surface area contributed by atoms with E-state index in [1.807, 2.05) is 0 Å². The number of benzene rings is 1. The SMILES string of the molecule is O=C(CSc1ncccc1Cl)Nc1ccc(Cl)c(S(=O)(=O)N2CCCCC2)c1. The molecule has 1 aliphatic rings. The molecule has 1 fully saturated rings. The van der Waals surface area contributed by atoms with Crippen molar-refractivity contribution in [2.24, 2.45) is 0 Å². The number of carbonyl (C=O) groups is 1. The van der Waals surface area contributed by atoms with Gasteiger partial charge in [-0.1, -0.05) is 41.4 Å². The van der Waals surface area contributed by atoms with E-state index in [1.54, 1.807) is 24.4 Å². The first-order valence-electron chi connectivity index (χ1n) is 8.71. The van der Waals surface area contributed by atoms with Crippen LogP contribution < -0.4 is 5.32 Å². The fourth-order valence-corrected chi connectivity index (χ4v) is 5.82. The van der Waals surface area contributed by atoms with Crippen molar-refractivity contribution in [3.05, 3.63) is 46.6 Å². The zero-order valence-corrected chi connectivity index (χ0v) is 18.0. The van der Waals surface area contributed by atoms with E-state index in [0.717, 1.165) is 19.3 Å². The third kappa shape index (κ3) is 5.18. The van der Waals surface area contributed by atoms with E-state index in [4.69, 9.17) is 23.2 Å². The van der Waals surface area contributed by atoms with E-state index in [0.29, 0.717) is 28.8 Å². The second-order valence-corrected chi connectivity index (χ2v) is 9.92. The molecule has 2 heterocycles. The van der Waals surface area contributed by atoms with Gasteiger partial charge in [0.2, 0.25) is 15.9 Å². The molecule has 0 aliphatic carbocycles. The van der Waals surface area contributed by atoms with Crippen molar-refractivity contribution in [1.29, 1.82) is 0 Å². The summed E-state index contributed by atoms with van der Waals surface area (Å²) in [7, 11) is -3.69. The van der Waals surface area contributed by atoms with Crippen LogP contribution in [0.1, 0.15) is 19.3 Å². The molecule has 0 bridgehead atoms. The molecular formula is C18H19Cl2N3O3S2. The number of hydrogen-bond acceptors (Lipinski definition) is 5. The van der Waals surface area contributed by atoms with Crippen LogP contribution in [0.5, 0.6) is 0 Å². The quantitative estimate of drug-likeness (QED) is 0.651. The molecule has 1 amide bonds. The highest BCUT2D eigenvalue weighted by Gasteiger charge is 2.28. The Hall–Kier alpha value is -1.32. The second kappa shape index (κ2) is 9.45. The van der Waals surface area contributed by atoms with Gasteiger partial charge < -0.3 is 5.32 Å². The van der Waals surface area contributed by atoms with Crippen molar-refractivity contribution < 1.29 is 13.2 Å². The Labute approximate surface area is 178 Å². The van der Waals surface area contributed by atoms with Gasteiger partial charge in [-0.3, -0.25) is 4.79 Å². The Balaban J connectivity index is 1.70. The summed E-state index contributed by atoms with van der Waals surface area (Å²) in [6.45, 7) is 0.966. The number of carbonyl (C=O) groups excluding carboxylic acids is 1. The molecule has 1 N–H and O–H groups in total. The average molecular weight is 460 g/mol. The number of amides is 1. The second-order valence-electron chi connectivity index (χ2n) is 6.24. The third-order valence-electron chi connectivity index (χ3n) is 4.21. The fourth-order valence-electron chi connectivity index (χ4n) is 2.83. The molecule has 0 radical (unpaired) electrons. The van der Waals surface area contributed by atoms with Gasteiger partial charge in [0.05, 0.1) is 15.8 Å². The van der Waals surface area contributed by atoms with E-state index in [2.05, 4.69) is 10.3 Å². The van der Waals surface area contributed by atoms with Crippen molar-refractivity contribution in [2.45, 2.75) is 29.2 Å². The van der Waals surface area contributed by atoms with Gasteiger partial charge in [0.1, 0.15) is 9.92 Å². The third-order valence-corrected chi connectivity index (χ3v) is 8.02. The zero-order chi connectivity index (χ0) is 20.1. The largest absolute Gasteiger partial charge is 0.325 e. The minimum atomic E-state index is -3.69. The monoisotopic (exact) mass is 459 g/mol. The Morgan fingerprint density at radius 3 is 2.61 bits per heavy atom. The molecule has 0 atom stereocenters. The molecule has 2 aromatic rings. The highest BCUT2D eigenvalue weighted by Crippen LogP contribution is 2.30. The van der Waals surface area contributed by atoms with E-state index in [-0.39, 0.29) is 21.6 Å². The van der Waals surface area contributed by atoms with Crippen molar-refractivity contribution in [1.82, 2.24) is 9.29 Å².